The number of amides is 1. The summed E-state index contributed by atoms with van der Waals surface area (Å²) in [6, 6.07) is -0.912. The maximum absolute atomic E-state index is 13.2. The topological polar surface area (TPSA) is 228 Å². The summed E-state index contributed by atoms with van der Waals surface area (Å²) >= 11 is 0. The first-order valence-electron chi connectivity index (χ1n) is 32.8. The van der Waals surface area contributed by atoms with Gasteiger partial charge in [0.15, 0.2) is 12.6 Å². The number of hydrogen-bond acceptors (Lipinski definition) is 13. The van der Waals surface area contributed by atoms with Crippen molar-refractivity contribution >= 4 is 5.91 Å². The van der Waals surface area contributed by atoms with E-state index in [4.69, 9.17) is 18.9 Å². The van der Waals surface area contributed by atoms with E-state index >= 15 is 0 Å². The van der Waals surface area contributed by atoms with Crippen LogP contribution >= 0.6 is 0 Å². The summed E-state index contributed by atoms with van der Waals surface area (Å²) < 4.78 is 22.7. The highest BCUT2D eigenvalue weighted by atomic mass is 16.7. The predicted octanol–water partition coefficient (Wildman–Crippen LogP) is 12.4. The number of carbonyl (C=O) groups is 1. The van der Waals surface area contributed by atoms with Gasteiger partial charge in [-0.1, -0.05) is 253 Å². The molecule has 9 N–H and O–H groups in total. The summed E-state index contributed by atoms with van der Waals surface area (Å²) in [5, 5.41) is 86.7. The van der Waals surface area contributed by atoms with Crippen molar-refractivity contribution in [2.45, 2.75) is 319 Å². The van der Waals surface area contributed by atoms with Crippen molar-refractivity contribution in [2.24, 2.45) is 0 Å². The normalized spacial score (nSPS) is 24.5. The fourth-order valence-electron chi connectivity index (χ4n) is 10.4. The molecule has 474 valence electrons. The highest BCUT2D eigenvalue weighted by molar-refractivity contribution is 5.76. The molecule has 0 aromatic rings. The lowest BCUT2D eigenvalue weighted by atomic mass is 9.97. The average Bonchev–Trinajstić information content (AvgIpc) is 3.65. The highest BCUT2D eigenvalue weighted by Crippen LogP contribution is 2.30. The second-order valence-corrected chi connectivity index (χ2v) is 22.9. The van der Waals surface area contributed by atoms with E-state index < -0.39 is 86.8 Å². The lowest BCUT2D eigenvalue weighted by Crippen LogP contribution is -2.65. The lowest BCUT2D eigenvalue weighted by molar-refractivity contribution is -0.359. The zero-order chi connectivity index (χ0) is 59.5. The van der Waals surface area contributed by atoms with Crippen LogP contribution < -0.4 is 5.32 Å². The van der Waals surface area contributed by atoms with E-state index in [9.17, 15) is 45.6 Å². The summed E-state index contributed by atoms with van der Waals surface area (Å²) in [5.41, 5.74) is 0. The van der Waals surface area contributed by atoms with Gasteiger partial charge in [-0.3, -0.25) is 4.79 Å². The van der Waals surface area contributed by atoms with Gasteiger partial charge in [0.05, 0.1) is 32.0 Å². The van der Waals surface area contributed by atoms with Crippen LogP contribution in [0.1, 0.15) is 245 Å². The van der Waals surface area contributed by atoms with Crippen molar-refractivity contribution in [1.82, 2.24) is 5.32 Å². The molecule has 2 aliphatic heterocycles. The molecule has 0 radical (unpaired) electrons. The van der Waals surface area contributed by atoms with Crippen molar-refractivity contribution < 1.29 is 64.6 Å². The van der Waals surface area contributed by atoms with Crippen LogP contribution in [0.25, 0.3) is 0 Å². The minimum atomic E-state index is -1.79. The number of allylic oxidation sites excluding steroid dienone is 13. The van der Waals surface area contributed by atoms with Gasteiger partial charge in [-0.05, 0) is 70.6 Å². The standard InChI is InChI=1S/C68H119NO13/c1-3-5-7-9-11-12-13-14-15-16-17-18-19-20-21-22-23-24-25-26-27-28-29-30-31-32-33-34-35-36-37-38-39-40-41-42-43-44-46-48-50-52-60(73)69-56(57(72)51-49-47-45-10-8-6-4-2)55-79-67-65(78)63(76)66(59(54-71)81-67)82-68-64(77)62(75)61(74)58(53-70)80-68/h5,7,11-12,14-15,17-18,20-21,23-24,49,51,56-59,61-68,70-72,74-78H,3-4,6,8-10,13,16,19,22,25-48,50,52-55H2,1-2H3,(H,69,73)/b7-5-,12-11-,15-14-,18-17-,21-20-,24-23-,51-49+. The van der Waals surface area contributed by atoms with E-state index in [0.29, 0.717) is 6.42 Å². The van der Waals surface area contributed by atoms with Crippen LogP contribution in [0.3, 0.4) is 0 Å². The zero-order valence-corrected chi connectivity index (χ0v) is 51.2. The van der Waals surface area contributed by atoms with Gasteiger partial charge in [-0.25, -0.2) is 0 Å². The molecule has 12 atom stereocenters. The van der Waals surface area contributed by atoms with Crippen LogP contribution in [-0.2, 0) is 23.7 Å². The molecule has 2 aliphatic rings. The molecule has 1 amide bonds. The third-order valence-corrected chi connectivity index (χ3v) is 15.6. The Balaban J connectivity index is 1.49. The summed E-state index contributed by atoms with van der Waals surface area (Å²) in [4.78, 5) is 13.2. The van der Waals surface area contributed by atoms with Crippen molar-refractivity contribution in [1.29, 1.82) is 0 Å². The highest BCUT2D eigenvalue weighted by Gasteiger charge is 2.51. The Morgan fingerprint density at radius 2 is 0.841 bits per heavy atom. The molecule has 2 fully saturated rings. The molecule has 12 unspecified atom stereocenters. The Hall–Kier alpha value is -2.83. The van der Waals surface area contributed by atoms with E-state index in [2.05, 4.69) is 92.1 Å². The second-order valence-electron chi connectivity index (χ2n) is 22.9. The van der Waals surface area contributed by atoms with Crippen LogP contribution in [0, 0.1) is 0 Å². The Kier molecular flexibility index (Phi) is 48.2. The van der Waals surface area contributed by atoms with Gasteiger partial charge in [0, 0.05) is 6.42 Å². The molecule has 2 rings (SSSR count). The van der Waals surface area contributed by atoms with E-state index in [-0.39, 0.29) is 18.9 Å². The first kappa shape index (κ1) is 75.3. The Morgan fingerprint density at radius 3 is 1.29 bits per heavy atom. The minimum absolute atomic E-state index is 0.243. The number of nitrogens with one attached hydrogen (secondary N) is 1. The van der Waals surface area contributed by atoms with Crippen LogP contribution in [-0.4, -0.2) is 140 Å². The Morgan fingerprint density at radius 1 is 0.451 bits per heavy atom. The van der Waals surface area contributed by atoms with Crippen molar-refractivity contribution in [3.05, 3.63) is 85.1 Å². The number of rotatable bonds is 52. The first-order chi connectivity index (χ1) is 40.1. The monoisotopic (exact) mass is 1160 g/mol. The van der Waals surface area contributed by atoms with E-state index in [1.54, 1.807) is 6.08 Å². The molecular formula is C68H119NO13. The third-order valence-electron chi connectivity index (χ3n) is 15.6. The maximum atomic E-state index is 13.2. The molecule has 2 saturated heterocycles. The first-order valence-corrected chi connectivity index (χ1v) is 32.8. The number of ether oxygens (including phenoxy) is 4. The molecular weight excluding hydrogens is 1040 g/mol. The summed E-state index contributed by atoms with van der Waals surface area (Å²) in [6.07, 6.45) is 55.7. The molecule has 0 spiro atoms. The van der Waals surface area contributed by atoms with E-state index in [1.165, 1.54) is 128 Å². The maximum Gasteiger partial charge on any atom is 0.220 e. The fraction of sp³-hybridized carbons (Fsp3) is 0.779. The quantitative estimate of drug-likeness (QED) is 0.0204. The molecule has 14 nitrogen and oxygen atoms in total. The SMILES string of the molecule is CC/C=C\C/C=C\C/C=C\C/C=C\C/C=C\C/C=C\CCCCCCCCCCCCCCCCCCCCCCCCC(=O)NC(COC1OC(CO)C(OC2OC(CO)C(O)C(O)C2O)C(O)C1O)C(O)/C=C/CCCCCCC. The van der Waals surface area contributed by atoms with Gasteiger partial charge in [0.1, 0.15) is 48.8 Å². The van der Waals surface area contributed by atoms with Gasteiger partial charge in [-0.2, -0.15) is 0 Å². The molecule has 0 aromatic heterocycles. The number of aliphatic hydroxyl groups is 8. The lowest BCUT2D eigenvalue weighted by Gasteiger charge is -2.46. The van der Waals surface area contributed by atoms with Gasteiger partial charge in [-0.15, -0.1) is 0 Å². The predicted molar refractivity (Wildman–Crippen MR) is 332 cm³/mol. The second kappa shape index (κ2) is 52.5. The number of aliphatic hydroxyl groups excluding tert-OH is 8. The largest absolute Gasteiger partial charge is 0.394 e. The third kappa shape index (κ3) is 36.9. The van der Waals surface area contributed by atoms with Crippen molar-refractivity contribution in [3.63, 3.8) is 0 Å². The smallest absolute Gasteiger partial charge is 0.220 e. The zero-order valence-electron chi connectivity index (χ0n) is 51.2. The van der Waals surface area contributed by atoms with Gasteiger partial charge in [0.25, 0.3) is 0 Å². The molecule has 0 aliphatic carbocycles. The Labute approximate surface area is 497 Å². The number of hydrogen-bond donors (Lipinski definition) is 9. The van der Waals surface area contributed by atoms with E-state index in [0.717, 1.165) is 89.9 Å². The van der Waals surface area contributed by atoms with Gasteiger partial charge in [0.2, 0.25) is 5.91 Å². The molecule has 0 bridgehead atoms. The molecule has 0 aromatic carbocycles. The van der Waals surface area contributed by atoms with Crippen LogP contribution in [0.4, 0.5) is 0 Å². The van der Waals surface area contributed by atoms with Gasteiger partial charge >= 0.3 is 0 Å². The van der Waals surface area contributed by atoms with Crippen LogP contribution in [0.2, 0.25) is 0 Å². The van der Waals surface area contributed by atoms with Crippen LogP contribution in [0.5, 0.6) is 0 Å². The molecule has 0 saturated carbocycles. The van der Waals surface area contributed by atoms with Gasteiger partial charge < -0.3 is 65.1 Å². The Bertz CT molecular complexity index is 1700. The summed E-state index contributed by atoms with van der Waals surface area (Å²) in [6.45, 7) is 2.61. The minimum Gasteiger partial charge on any atom is -0.394 e. The number of carbonyl (C=O) groups excluding carboxylic acids is 1. The average molecular weight is 1160 g/mol. The van der Waals surface area contributed by atoms with Crippen molar-refractivity contribution in [3.8, 4) is 0 Å². The van der Waals surface area contributed by atoms with Crippen LogP contribution in [0.15, 0.2) is 85.1 Å². The number of unbranched alkanes of at least 4 members (excludes halogenated alkanes) is 27. The summed E-state index contributed by atoms with van der Waals surface area (Å²) in [7, 11) is 0. The summed E-state index contributed by atoms with van der Waals surface area (Å²) in [5.74, 6) is -0.243. The fourth-order valence-corrected chi connectivity index (χ4v) is 10.4. The van der Waals surface area contributed by atoms with Crippen molar-refractivity contribution in [2.75, 3.05) is 19.8 Å². The molecule has 2 heterocycles. The molecule has 82 heavy (non-hydrogen) atoms. The molecule has 14 heteroatoms. The van der Waals surface area contributed by atoms with E-state index in [1.807, 2.05) is 6.08 Å².